The molecule has 2 aromatic rings. The Hall–Kier alpha value is -1.46. The fourth-order valence-corrected chi connectivity index (χ4v) is 2.81. The van der Waals surface area contributed by atoms with Crippen molar-refractivity contribution in [1.82, 2.24) is 9.36 Å². The minimum atomic E-state index is -0.526. The highest BCUT2D eigenvalue weighted by Crippen LogP contribution is 2.39. The van der Waals surface area contributed by atoms with E-state index in [1.54, 1.807) is 0 Å². The summed E-state index contributed by atoms with van der Waals surface area (Å²) in [5.41, 5.74) is 0.516. The molecule has 0 amide bonds. The second kappa shape index (κ2) is 4.90. The molecule has 0 aliphatic heterocycles. The van der Waals surface area contributed by atoms with E-state index in [1.807, 2.05) is 37.3 Å². The molecule has 1 fully saturated rings. The zero-order valence-corrected chi connectivity index (χ0v) is 11.7. The molecule has 1 unspecified atom stereocenters. The smallest absolute Gasteiger partial charge is 0.203 e. The number of rotatable bonds is 5. The van der Waals surface area contributed by atoms with Gasteiger partial charge in [0, 0.05) is 17.5 Å². The van der Waals surface area contributed by atoms with Crippen LogP contribution in [0, 0.1) is 0 Å². The molecule has 1 saturated carbocycles. The molecule has 0 saturated heterocycles. The maximum absolute atomic E-state index is 9.72. The molecule has 4 nitrogen and oxygen atoms in total. The lowest BCUT2D eigenvalue weighted by molar-refractivity contribution is 0.224. The van der Waals surface area contributed by atoms with E-state index in [0.717, 1.165) is 16.5 Å². The Balaban J connectivity index is 1.81. The Morgan fingerprint density at radius 3 is 2.74 bits per heavy atom. The van der Waals surface area contributed by atoms with Crippen molar-refractivity contribution in [3.8, 4) is 0 Å². The topological polar surface area (TPSA) is 58.0 Å². The maximum atomic E-state index is 9.72. The standard InChI is InChI=1S/C14H17N3OS/c1-14(9-18,11-5-3-2-4-6-11)16-13-15-12(17-19-13)10-7-8-10/h2-6,10,18H,7-9H2,1H3,(H,15,16,17). The second-order valence-electron chi connectivity index (χ2n) is 5.21. The van der Waals surface area contributed by atoms with Crippen molar-refractivity contribution in [1.29, 1.82) is 0 Å². The van der Waals surface area contributed by atoms with Crippen LogP contribution in [-0.2, 0) is 5.54 Å². The molecule has 1 aliphatic carbocycles. The first-order chi connectivity index (χ1) is 9.21. The Kier molecular flexibility index (Phi) is 3.24. The van der Waals surface area contributed by atoms with Crippen molar-refractivity contribution in [2.24, 2.45) is 0 Å². The molecule has 100 valence electrons. The third-order valence-corrected chi connectivity index (χ3v) is 4.14. The predicted octanol–water partition coefficient (Wildman–Crippen LogP) is 2.74. The molecule has 0 radical (unpaired) electrons. The molecule has 0 bridgehead atoms. The quantitative estimate of drug-likeness (QED) is 0.881. The minimum Gasteiger partial charge on any atom is -0.394 e. The van der Waals surface area contributed by atoms with Crippen molar-refractivity contribution in [2.45, 2.75) is 31.2 Å². The van der Waals surface area contributed by atoms with Crippen LogP contribution in [0.25, 0.3) is 0 Å². The summed E-state index contributed by atoms with van der Waals surface area (Å²) in [7, 11) is 0. The number of aromatic nitrogens is 2. The summed E-state index contributed by atoms with van der Waals surface area (Å²) in [6.07, 6.45) is 2.40. The second-order valence-corrected chi connectivity index (χ2v) is 5.97. The van der Waals surface area contributed by atoms with Crippen molar-refractivity contribution in [3.63, 3.8) is 0 Å². The number of aliphatic hydroxyl groups excluding tert-OH is 1. The summed E-state index contributed by atoms with van der Waals surface area (Å²) in [5, 5.41) is 13.8. The van der Waals surface area contributed by atoms with Crippen LogP contribution in [0.3, 0.4) is 0 Å². The Bertz CT molecular complexity index is 553. The highest BCUT2D eigenvalue weighted by Gasteiger charge is 2.30. The zero-order valence-electron chi connectivity index (χ0n) is 10.8. The summed E-state index contributed by atoms with van der Waals surface area (Å²) in [5.74, 6) is 1.50. The van der Waals surface area contributed by atoms with E-state index in [9.17, 15) is 5.11 Å². The first-order valence-electron chi connectivity index (χ1n) is 6.49. The van der Waals surface area contributed by atoms with Gasteiger partial charge < -0.3 is 10.4 Å². The molecule has 1 aromatic heterocycles. The van der Waals surface area contributed by atoms with Crippen LogP contribution in [-0.4, -0.2) is 21.1 Å². The highest BCUT2D eigenvalue weighted by molar-refractivity contribution is 7.09. The van der Waals surface area contributed by atoms with Crippen LogP contribution in [0.15, 0.2) is 30.3 Å². The Morgan fingerprint density at radius 1 is 1.37 bits per heavy atom. The average molecular weight is 275 g/mol. The molecule has 3 rings (SSSR count). The lowest BCUT2D eigenvalue weighted by atomic mass is 9.93. The van der Waals surface area contributed by atoms with Gasteiger partial charge in [0.15, 0.2) is 0 Å². The van der Waals surface area contributed by atoms with E-state index in [1.165, 1.54) is 24.4 Å². The number of aliphatic hydroxyl groups is 1. The molecular weight excluding hydrogens is 258 g/mol. The molecule has 5 heteroatoms. The number of hydrogen-bond acceptors (Lipinski definition) is 5. The molecule has 1 heterocycles. The summed E-state index contributed by atoms with van der Waals surface area (Å²) in [4.78, 5) is 4.52. The van der Waals surface area contributed by atoms with Gasteiger partial charge in [0.25, 0.3) is 0 Å². The van der Waals surface area contributed by atoms with Crippen molar-refractivity contribution >= 4 is 16.7 Å². The van der Waals surface area contributed by atoms with Crippen LogP contribution in [0.1, 0.15) is 37.1 Å². The summed E-state index contributed by atoms with van der Waals surface area (Å²) >= 11 is 1.37. The van der Waals surface area contributed by atoms with Gasteiger partial charge in [0.1, 0.15) is 5.82 Å². The van der Waals surface area contributed by atoms with Gasteiger partial charge in [0.05, 0.1) is 12.1 Å². The van der Waals surface area contributed by atoms with E-state index in [0.29, 0.717) is 5.92 Å². The van der Waals surface area contributed by atoms with Crippen molar-refractivity contribution in [2.75, 3.05) is 11.9 Å². The normalized spacial score (nSPS) is 18.0. The number of nitrogens with one attached hydrogen (secondary N) is 1. The van der Waals surface area contributed by atoms with E-state index >= 15 is 0 Å². The lowest BCUT2D eigenvalue weighted by Crippen LogP contribution is -2.35. The highest BCUT2D eigenvalue weighted by atomic mass is 32.1. The number of benzene rings is 1. The molecule has 1 aromatic carbocycles. The van der Waals surface area contributed by atoms with Crippen LogP contribution >= 0.6 is 11.5 Å². The fourth-order valence-electron chi connectivity index (χ4n) is 2.04. The van der Waals surface area contributed by atoms with Gasteiger partial charge in [-0.1, -0.05) is 30.3 Å². The van der Waals surface area contributed by atoms with Gasteiger partial charge >= 0.3 is 0 Å². The SMILES string of the molecule is CC(CO)(Nc1nc(C2CC2)ns1)c1ccccc1. The van der Waals surface area contributed by atoms with Gasteiger partial charge in [-0.2, -0.15) is 4.37 Å². The third kappa shape index (κ3) is 2.62. The van der Waals surface area contributed by atoms with E-state index in [-0.39, 0.29) is 6.61 Å². The summed E-state index contributed by atoms with van der Waals surface area (Å²) in [6.45, 7) is 1.98. The molecule has 0 spiro atoms. The van der Waals surface area contributed by atoms with Gasteiger partial charge in [-0.3, -0.25) is 0 Å². The van der Waals surface area contributed by atoms with E-state index < -0.39 is 5.54 Å². The molecular formula is C14H17N3OS. The largest absolute Gasteiger partial charge is 0.394 e. The van der Waals surface area contributed by atoms with Crippen LogP contribution < -0.4 is 5.32 Å². The van der Waals surface area contributed by atoms with Gasteiger partial charge in [-0.05, 0) is 25.3 Å². The van der Waals surface area contributed by atoms with Crippen LogP contribution in [0.4, 0.5) is 5.13 Å². The predicted molar refractivity (Wildman–Crippen MR) is 76.4 cm³/mol. The van der Waals surface area contributed by atoms with Gasteiger partial charge in [0.2, 0.25) is 5.13 Å². The summed E-state index contributed by atoms with van der Waals surface area (Å²) in [6, 6.07) is 9.93. The summed E-state index contributed by atoms with van der Waals surface area (Å²) < 4.78 is 4.38. The first kappa shape index (κ1) is 12.6. The Labute approximate surface area is 116 Å². The minimum absolute atomic E-state index is 0.00928. The van der Waals surface area contributed by atoms with Crippen LogP contribution in [0.2, 0.25) is 0 Å². The average Bonchev–Trinajstić information content (AvgIpc) is 3.21. The van der Waals surface area contributed by atoms with Crippen molar-refractivity contribution in [3.05, 3.63) is 41.7 Å². The van der Waals surface area contributed by atoms with Crippen molar-refractivity contribution < 1.29 is 5.11 Å². The molecule has 1 aliphatic rings. The van der Waals surface area contributed by atoms with E-state index in [4.69, 9.17) is 0 Å². The third-order valence-electron chi connectivity index (χ3n) is 3.49. The first-order valence-corrected chi connectivity index (χ1v) is 7.27. The lowest BCUT2D eigenvalue weighted by Gasteiger charge is -2.28. The maximum Gasteiger partial charge on any atom is 0.203 e. The van der Waals surface area contributed by atoms with E-state index in [2.05, 4.69) is 14.7 Å². The van der Waals surface area contributed by atoms with Crippen LogP contribution in [0.5, 0.6) is 0 Å². The zero-order chi connectivity index (χ0) is 13.3. The fraction of sp³-hybridized carbons (Fsp3) is 0.429. The van der Waals surface area contributed by atoms with Gasteiger partial charge in [-0.15, -0.1) is 0 Å². The number of nitrogens with zero attached hydrogens (tertiary/aromatic N) is 2. The molecule has 2 N–H and O–H groups in total. The molecule has 1 atom stereocenters. The van der Waals surface area contributed by atoms with Gasteiger partial charge in [-0.25, -0.2) is 4.98 Å². The Morgan fingerprint density at radius 2 is 2.11 bits per heavy atom. The number of anilines is 1. The monoisotopic (exact) mass is 275 g/mol. The molecule has 19 heavy (non-hydrogen) atoms. The number of hydrogen-bond donors (Lipinski definition) is 2.